The van der Waals surface area contributed by atoms with Gasteiger partial charge in [-0.05, 0) is 24.6 Å². The van der Waals surface area contributed by atoms with Crippen LogP contribution in [0.25, 0.3) is 12.2 Å². The summed E-state index contributed by atoms with van der Waals surface area (Å²) in [5, 5.41) is 11.9. The summed E-state index contributed by atoms with van der Waals surface area (Å²) in [7, 11) is 1.51. The van der Waals surface area contributed by atoms with Gasteiger partial charge in [0.25, 0.3) is 5.69 Å². The largest absolute Gasteiger partial charge is 0.501 e. The van der Waals surface area contributed by atoms with Gasteiger partial charge in [0.15, 0.2) is 17.3 Å². The minimum Gasteiger partial charge on any atom is -0.501 e. The van der Waals surface area contributed by atoms with E-state index in [1.165, 1.54) is 31.7 Å². The van der Waals surface area contributed by atoms with Crippen LogP contribution < -0.4 is 15.3 Å². The Morgan fingerprint density at radius 1 is 1.16 bits per heavy atom. The number of methoxy groups -OCH3 is 1. The fourth-order valence-corrected chi connectivity index (χ4v) is 2.87. The molecule has 0 aliphatic carbocycles. The number of nitro groups is 1. The van der Waals surface area contributed by atoms with Gasteiger partial charge in [0.05, 0.1) is 23.4 Å². The first kappa shape index (κ1) is 22.5. The van der Waals surface area contributed by atoms with Crippen molar-refractivity contribution in [1.29, 1.82) is 0 Å². The van der Waals surface area contributed by atoms with E-state index < -0.39 is 10.7 Å². The Labute approximate surface area is 183 Å². The molecule has 0 saturated heterocycles. The van der Waals surface area contributed by atoms with Crippen molar-refractivity contribution in [2.24, 2.45) is 0 Å². The molecule has 0 N–H and O–H groups in total. The van der Waals surface area contributed by atoms with Gasteiger partial charge in [0, 0.05) is 23.6 Å². The predicted molar refractivity (Wildman–Crippen MR) is 118 cm³/mol. The van der Waals surface area contributed by atoms with Crippen LogP contribution in [0.2, 0.25) is 0 Å². The lowest BCUT2D eigenvalue weighted by atomic mass is 10.2. The van der Waals surface area contributed by atoms with E-state index in [9.17, 15) is 14.5 Å². The molecule has 0 unspecified atom stereocenters. The highest BCUT2D eigenvalue weighted by molar-refractivity contribution is 5.46. The van der Waals surface area contributed by atoms with E-state index in [0.717, 1.165) is 11.6 Å². The molecule has 2 aromatic carbocycles. The minimum atomic E-state index is -0.838. The summed E-state index contributed by atoms with van der Waals surface area (Å²) in [6.07, 6.45) is 6.41. The first-order valence-corrected chi connectivity index (χ1v) is 9.66. The van der Waals surface area contributed by atoms with Crippen molar-refractivity contribution in [2.75, 3.05) is 7.11 Å². The molecule has 8 heteroatoms. The summed E-state index contributed by atoms with van der Waals surface area (Å²) in [6, 6.07) is 14.5. The van der Waals surface area contributed by atoms with Gasteiger partial charge in [-0.2, -0.15) is 0 Å². The van der Waals surface area contributed by atoms with Gasteiger partial charge >= 0.3 is 0 Å². The molecule has 0 aliphatic heterocycles. The van der Waals surface area contributed by atoms with Crippen molar-refractivity contribution in [3.8, 4) is 11.5 Å². The number of hydrogen-bond acceptors (Lipinski definition) is 6. The van der Waals surface area contributed by atoms with Crippen molar-refractivity contribution in [2.45, 2.75) is 13.5 Å². The molecule has 0 spiro atoms. The van der Waals surface area contributed by atoms with E-state index in [0.29, 0.717) is 28.7 Å². The van der Waals surface area contributed by atoms with Gasteiger partial charge in [-0.25, -0.2) is 4.39 Å². The van der Waals surface area contributed by atoms with Crippen LogP contribution in [0.3, 0.4) is 0 Å². The minimum absolute atomic E-state index is 0.135. The number of non-ortho nitro benzene ring substituents is 1. The summed E-state index contributed by atoms with van der Waals surface area (Å²) in [5.41, 5.74) is 0.634. The number of aromatic nitrogens is 1. The number of nitrogens with zero attached hydrogens (tertiary/aromatic N) is 2. The Morgan fingerprint density at radius 3 is 2.59 bits per heavy atom. The molecule has 164 valence electrons. The van der Waals surface area contributed by atoms with Crippen LogP contribution in [0, 0.1) is 15.9 Å². The maximum atomic E-state index is 14.3. The molecule has 0 radical (unpaired) electrons. The Kier molecular flexibility index (Phi) is 7.53. The summed E-state index contributed by atoms with van der Waals surface area (Å²) < 4.78 is 31.0. The van der Waals surface area contributed by atoms with E-state index in [-0.39, 0.29) is 11.4 Å². The topological polar surface area (TPSA) is 83.7 Å². The third-order valence-corrected chi connectivity index (χ3v) is 4.38. The van der Waals surface area contributed by atoms with Crippen molar-refractivity contribution in [1.82, 2.24) is 4.98 Å². The molecule has 32 heavy (non-hydrogen) atoms. The van der Waals surface area contributed by atoms with Crippen LogP contribution in [0.15, 0.2) is 72.8 Å². The monoisotopic (exact) mass is 436 g/mol. The molecule has 0 aliphatic rings. The number of allylic oxidation sites excluding steroid dienone is 1. The smallest absolute Gasteiger partial charge is 0.272 e. The van der Waals surface area contributed by atoms with Crippen LogP contribution in [0.4, 0.5) is 10.1 Å². The highest BCUT2D eigenvalue weighted by Gasteiger charge is 2.13. The molecule has 0 fully saturated rings. The normalized spacial score (nSPS) is 12.5. The van der Waals surface area contributed by atoms with Crippen molar-refractivity contribution in [3.63, 3.8) is 0 Å². The highest BCUT2D eigenvalue weighted by Crippen LogP contribution is 2.25. The zero-order valence-electron chi connectivity index (χ0n) is 17.5. The van der Waals surface area contributed by atoms with Gasteiger partial charge in [0.2, 0.25) is 0 Å². The second-order valence-corrected chi connectivity index (χ2v) is 6.55. The molecular weight excluding hydrogens is 415 g/mol. The van der Waals surface area contributed by atoms with Crippen molar-refractivity contribution >= 4 is 17.8 Å². The lowest BCUT2D eigenvalue weighted by molar-refractivity contribution is -0.385. The standard InChI is InChI=1S/C24H21FN2O5/c1-3-20-22(14-19(16-30-2)31-15-17-7-5-4-6-8-17)26-12-11-23(20)32-24-10-9-18(27(28)29)13-21(24)25/h3-14,16H,15H2,1-2H3/b19-16-,20-3+,22-14+. The zero-order valence-corrected chi connectivity index (χ0v) is 17.5. The number of pyridine rings is 1. The Bertz CT molecular complexity index is 1240. The average Bonchev–Trinajstić information content (AvgIpc) is 2.79. The molecule has 3 rings (SSSR count). The first-order chi connectivity index (χ1) is 15.5. The number of halogens is 1. The summed E-state index contributed by atoms with van der Waals surface area (Å²) in [4.78, 5) is 14.5. The van der Waals surface area contributed by atoms with E-state index >= 15 is 0 Å². The predicted octanol–water partition coefficient (Wildman–Crippen LogP) is 4.21. The average molecular weight is 436 g/mol. The lowest BCUT2D eigenvalue weighted by Crippen LogP contribution is -2.29. The molecule has 3 aromatic rings. The fraction of sp³-hybridized carbons (Fsp3) is 0.125. The second kappa shape index (κ2) is 10.7. The van der Waals surface area contributed by atoms with Crippen LogP contribution >= 0.6 is 0 Å². The number of nitro benzene ring substituents is 1. The molecule has 0 bridgehead atoms. The lowest BCUT2D eigenvalue weighted by Gasteiger charge is -2.09. The van der Waals surface area contributed by atoms with E-state index in [2.05, 4.69) is 4.98 Å². The molecule has 1 aromatic heterocycles. The van der Waals surface area contributed by atoms with E-state index in [1.54, 1.807) is 25.1 Å². The Morgan fingerprint density at radius 2 is 1.94 bits per heavy atom. The number of rotatable bonds is 8. The highest BCUT2D eigenvalue weighted by atomic mass is 19.1. The molecule has 0 atom stereocenters. The number of benzene rings is 2. The van der Waals surface area contributed by atoms with Crippen molar-refractivity contribution < 1.29 is 23.5 Å². The Hall–Kier alpha value is -4.20. The van der Waals surface area contributed by atoms with Crippen LogP contribution in [0.1, 0.15) is 12.5 Å². The summed E-state index contributed by atoms with van der Waals surface area (Å²) >= 11 is 0. The van der Waals surface area contributed by atoms with E-state index in [1.807, 2.05) is 30.3 Å². The van der Waals surface area contributed by atoms with E-state index in [4.69, 9.17) is 14.2 Å². The van der Waals surface area contributed by atoms with Gasteiger partial charge in [-0.15, -0.1) is 0 Å². The van der Waals surface area contributed by atoms with Gasteiger partial charge in [0.1, 0.15) is 18.6 Å². The van der Waals surface area contributed by atoms with Crippen molar-refractivity contribution in [3.05, 3.63) is 105 Å². The third-order valence-electron chi connectivity index (χ3n) is 4.38. The summed E-state index contributed by atoms with van der Waals surface area (Å²) in [6.45, 7) is 2.12. The van der Waals surface area contributed by atoms with Gasteiger partial charge in [-0.1, -0.05) is 36.4 Å². The molecule has 1 heterocycles. The first-order valence-electron chi connectivity index (χ1n) is 9.66. The fourth-order valence-electron chi connectivity index (χ4n) is 2.87. The second-order valence-electron chi connectivity index (χ2n) is 6.55. The maximum absolute atomic E-state index is 14.3. The molecule has 7 nitrogen and oxygen atoms in total. The maximum Gasteiger partial charge on any atom is 0.272 e. The van der Waals surface area contributed by atoms with Crippen LogP contribution in [-0.4, -0.2) is 17.0 Å². The van der Waals surface area contributed by atoms with Crippen LogP contribution in [0.5, 0.6) is 11.5 Å². The van der Waals surface area contributed by atoms with Crippen LogP contribution in [-0.2, 0) is 16.1 Å². The van der Waals surface area contributed by atoms with Gasteiger partial charge in [-0.3, -0.25) is 15.1 Å². The SMILES string of the molecule is C/C=c1/c(Oc2ccc([N+](=O)[O-])cc2F)ccn/c1=C/C(=C/OC)OCc1ccccc1. The molecular formula is C24H21FN2O5. The van der Waals surface area contributed by atoms with Gasteiger partial charge < -0.3 is 14.2 Å². The quantitative estimate of drug-likeness (QED) is 0.299. The molecule has 0 saturated carbocycles. The Balaban J connectivity index is 1.92. The third kappa shape index (κ3) is 5.69. The zero-order chi connectivity index (χ0) is 22.9. The summed E-state index contributed by atoms with van der Waals surface area (Å²) in [5.74, 6) is -0.203. The molecule has 0 amide bonds. The number of ether oxygens (including phenoxy) is 3. The number of hydrogen-bond donors (Lipinski definition) is 0.